The lowest BCUT2D eigenvalue weighted by molar-refractivity contribution is -0.144. The van der Waals surface area contributed by atoms with Crippen LogP contribution in [-0.2, 0) is 16.1 Å². The number of amides is 2. The van der Waals surface area contributed by atoms with Crippen LogP contribution in [-0.4, -0.2) is 56.8 Å². The Kier molecular flexibility index (Phi) is 6.59. The van der Waals surface area contributed by atoms with Gasteiger partial charge in [-0.25, -0.2) is 0 Å². The zero-order valence-electron chi connectivity index (χ0n) is 15.7. The molecule has 148 valence electrons. The third-order valence-electron chi connectivity index (χ3n) is 4.75. The predicted octanol–water partition coefficient (Wildman–Crippen LogP) is 2.38. The van der Waals surface area contributed by atoms with Crippen LogP contribution in [0.2, 0.25) is 0 Å². The van der Waals surface area contributed by atoms with Crippen molar-refractivity contribution in [1.82, 2.24) is 9.80 Å². The molecule has 2 amide bonds. The van der Waals surface area contributed by atoms with Crippen LogP contribution in [0.1, 0.15) is 23.4 Å². The van der Waals surface area contributed by atoms with Crippen molar-refractivity contribution in [2.45, 2.75) is 24.9 Å². The number of benzene rings is 2. The Morgan fingerprint density at radius 1 is 1.14 bits per heavy atom. The van der Waals surface area contributed by atoms with Crippen molar-refractivity contribution < 1.29 is 19.8 Å². The molecule has 0 bridgehead atoms. The van der Waals surface area contributed by atoms with Gasteiger partial charge in [0.15, 0.2) is 0 Å². The first-order valence-electron chi connectivity index (χ1n) is 9.15. The molecule has 0 radical (unpaired) electrons. The lowest BCUT2D eigenvalue weighted by Crippen LogP contribution is -2.49. The van der Waals surface area contributed by atoms with Gasteiger partial charge in [-0.3, -0.25) is 9.59 Å². The number of aliphatic hydroxyl groups excluding tert-OH is 1. The van der Waals surface area contributed by atoms with Crippen molar-refractivity contribution in [3.8, 4) is 5.75 Å². The Morgan fingerprint density at radius 3 is 2.46 bits per heavy atom. The van der Waals surface area contributed by atoms with Crippen molar-refractivity contribution in [2.75, 3.05) is 18.9 Å². The molecule has 7 heteroatoms. The molecule has 28 heavy (non-hydrogen) atoms. The summed E-state index contributed by atoms with van der Waals surface area (Å²) in [5, 5.41) is 19.2. The molecule has 1 saturated heterocycles. The minimum absolute atomic E-state index is 0.107. The van der Waals surface area contributed by atoms with Crippen LogP contribution in [0, 0.1) is 0 Å². The fourth-order valence-electron chi connectivity index (χ4n) is 3.42. The largest absolute Gasteiger partial charge is 0.508 e. The van der Waals surface area contributed by atoms with Crippen LogP contribution in [0.5, 0.6) is 5.75 Å². The van der Waals surface area contributed by atoms with Gasteiger partial charge in [0.1, 0.15) is 17.2 Å². The maximum Gasteiger partial charge on any atom is 0.246 e. The molecular weight excluding hydrogens is 376 g/mol. The Hall–Kier alpha value is -2.51. The van der Waals surface area contributed by atoms with E-state index in [4.69, 9.17) is 0 Å². The monoisotopic (exact) mass is 400 g/mol. The predicted molar refractivity (Wildman–Crippen MR) is 109 cm³/mol. The van der Waals surface area contributed by atoms with E-state index in [1.165, 1.54) is 23.6 Å². The summed E-state index contributed by atoms with van der Waals surface area (Å²) in [6.45, 7) is 1.85. The van der Waals surface area contributed by atoms with Crippen LogP contribution in [0.3, 0.4) is 0 Å². The number of hydrogen-bond acceptors (Lipinski definition) is 5. The molecule has 6 nitrogen and oxygen atoms in total. The number of carbonyl (C=O) groups excluding carboxylic acids is 2. The van der Waals surface area contributed by atoms with Gasteiger partial charge in [0.05, 0.1) is 6.61 Å². The maximum atomic E-state index is 13.3. The number of aliphatic hydroxyl groups is 1. The number of thioether (sulfide) groups is 1. The van der Waals surface area contributed by atoms with Crippen LogP contribution < -0.4 is 0 Å². The number of aromatic hydroxyl groups is 1. The summed E-state index contributed by atoms with van der Waals surface area (Å²) < 4.78 is 0. The van der Waals surface area contributed by atoms with Gasteiger partial charge in [-0.05, 0) is 11.6 Å². The minimum Gasteiger partial charge on any atom is -0.508 e. The molecule has 0 unspecified atom stereocenters. The summed E-state index contributed by atoms with van der Waals surface area (Å²) in [5.74, 6) is 0.128. The topological polar surface area (TPSA) is 81.1 Å². The molecule has 0 spiro atoms. The highest BCUT2D eigenvalue weighted by Crippen LogP contribution is 2.44. The minimum atomic E-state index is -0.637. The fourth-order valence-corrected chi connectivity index (χ4v) is 4.92. The molecule has 0 saturated carbocycles. The van der Waals surface area contributed by atoms with Crippen molar-refractivity contribution in [3.63, 3.8) is 0 Å². The molecule has 3 rings (SSSR count). The number of hydrogen-bond donors (Lipinski definition) is 2. The summed E-state index contributed by atoms with van der Waals surface area (Å²) in [4.78, 5) is 28.8. The normalized spacial score (nSPS) is 18.9. The highest BCUT2D eigenvalue weighted by Gasteiger charge is 2.43. The average Bonchev–Trinajstić information content (AvgIpc) is 3.13. The highest BCUT2D eigenvalue weighted by atomic mass is 32.2. The molecule has 2 aromatic carbocycles. The van der Waals surface area contributed by atoms with E-state index in [1.807, 2.05) is 30.3 Å². The first kappa shape index (κ1) is 20.2. The van der Waals surface area contributed by atoms with E-state index in [1.54, 1.807) is 29.2 Å². The van der Waals surface area contributed by atoms with Gasteiger partial charge in [0, 0.05) is 31.3 Å². The van der Waals surface area contributed by atoms with Gasteiger partial charge in [0.2, 0.25) is 11.8 Å². The number of phenolic OH excluding ortho intramolecular Hbond substituents is 1. The van der Waals surface area contributed by atoms with Crippen LogP contribution in [0.25, 0.3) is 0 Å². The Balaban J connectivity index is 1.84. The molecule has 1 aliphatic heterocycles. The van der Waals surface area contributed by atoms with Crippen molar-refractivity contribution in [1.29, 1.82) is 0 Å². The van der Waals surface area contributed by atoms with Gasteiger partial charge in [-0.15, -0.1) is 11.8 Å². The number of nitrogens with zero attached hydrogens (tertiary/aromatic N) is 2. The maximum absolute atomic E-state index is 13.3. The smallest absolute Gasteiger partial charge is 0.246 e. The van der Waals surface area contributed by atoms with E-state index in [2.05, 4.69) is 0 Å². The van der Waals surface area contributed by atoms with Crippen molar-refractivity contribution in [2.24, 2.45) is 0 Å². The second-order valence-electron chi connectivity index (χ2n) is 6.66. The second kappa shape index (κ2) is 9.12. The van der Waals surface area contributed by atoms with E-state index in [-0.39, 0.29) is 30.7 Å². The summed E-state index contributed by atoms with van der Waals surface area (Å²) in [5.41, 5.74) is 1.58. The molecule has 2 aromatic rings. The summed E-state index contributed by atoms with van der Waals surface area (Å²) in [6.07, 6.45) is 0. The van der Waals surface area contributed by atoms with Crippen LogP contribution in [0.4, 0.5) is 0 Å². The zero-order chi connectivity index (χ0) is 20.1. The standard InChI is InChI=1S/C21H24N2O4S/c1-15(25)23-18(14-28-21(23)17-9-5-6-10-19(17)26)20(27)22(11-12-24)13-16-7-3-2-4-8-16/h2-10,18,21,24,26H,11-14H2,1H3/t18-,21-/m0/s1. The van der Waals surface area contributed by atoms with E-state index >= 15 is 0 Å². The SMILES string of the molecule is CC(=O)N1[C@H](C(=O)N(CCO)Cc2ccccc2)CS[C@H]1c1ccccc1O. The molecule has 2 N–H and O–H groups in total. The molecule has 1 aliphatic rings. The van der Waals surface area contributed by atoms with Crippen molar-refractivity contribution in [3.05, 3.63) is 65.7 Å². The lowest BCUT2D eigenvalue weighted by atomic mass is 10.1. The first-order valence-corrected chi connectivity index (χ1v) is 10.2. The van der Waals surface area contributed by atoms with Crippen LogP contribution >= 0.6 is 11.8 Å². The summed E-state index contributed by atoms with van der Waals surface area (Å²) in [7, 11) is 0. The number of para-hydroxylation sites is 1. The van der Waals surface area contributed by atoms with E-state index in [0.29, 0.717) is 17.9 Å². The lowest BCUT2D eigenvalue weighted by Gasteiger charge is -2.32. The molecule has 2 atom stereocenters. The zero-order valence-corrected chi connectivity index (χ0v) is 16.5. The third kappa shape index (κ3) is 4.31. The Morgan fingerprint density at radius 2 is 1.82 bits per heavy atom. The molecule has 0 aliphatic carbocycles. The van der Waals surface area contributed by atoms with Gasteiger partial charge >= 0.3 is 0 Å². The molecule has 0 aromatic heterocycles. The quantitative estimate of drug-likeness (QED) is 0.778. The van der Waals surface area contributed by atoms with E-state index < -0.39 is 11.4 Å². The third-order valence-corrected chi connectivity index (χ3v) is 6.05. The first-order chi connectivity index (χ1) is 13.5. The van der Waals surface area contributed by atoms with Gasteiger partial charge < -0.3 is 20.0 Å². The average molecular weight is 401 g/mol. The van der Waals surface area contributed by atoms with Crippen LogP contribution in [0.15, 0.2) is 54.6 Å². The van der Waals surface area contributed by atoms with E-state index in [9.17, 15) is 19.8 Å². The number of phenols is 1. The van der Waals surface area contributed by atoms with E-state index in [0.717, 1.165) is 5.56 Å². The molecule has 1 heterocycles. The fraction of sp³-hybridized carbons (Fsp3) is 0.333. The summed E-state index contributed by atoms with van der Waals surface area (Å²) in [6, 6.07) is 15.8. The van der Waals surface area contributed by atoms with Gasteiger partial charge in [0.25, 0.3) is 0 Å². The Labute approximate surface area is 168 Å². The highest BCUT2D eigenvalue weighted by molar-refractivity contribution is 7.99. The summed E-state index contributed by atoms with van der Waals surface area (Å²) >= 11 is 1.46. The second-order valence-corrected chi connectivity index (χ2v) is 7.77. The van der Waals surface area contributed by atoms with Crippen molar-refractivity contribution >= 4 is 23.6 Å². The van der Waals surface area contributed by atoms with Gasteiger partial charge in [-0.1, -0.05) is 48.5 Å². The Bertz CT molecular complexity index is 830. The van der Waals surface area contributed by atoms with Gasteiger partial charge in [-0.2, -0.15) is 0 Å². The number of rotatable bonds is 6. The molecule has 1 fully saturated rings. The molecular formula is C21H24N2O4S. The number of carbonyl (C=O) groups is 2.